The van der Waals surface area contributed by atoms with Crippen molar-refractivity contribution in [3.05, 3.63) is 103 Å². The maximum absolute atomic E-state index is 6.17. The zero-order valence-corrected chi connectivity index (χ0v) is 15.1. The summed E-state index contributed by atoms with van der Waals surface area (Å²) in [6.45, 7) is 0. The molecular formula is C24H18OS. The fraction of sp³-hybridized carbons (Fsp3) is 0. The second-order valence-corrected chi connectivity index (χ2v) is 6.46. The molecule has 26 heavy (non-hydrogen) atoms. The largest absolute Gasteiger partial charge is 0.457 e. The van der Waals surface area contributed by atoms with Crippen LogP contribution < -0.4 is 4.74 Å². The molecule has 0 heterocycles. The van der Waals surface area contributed by atoms with Gasteiger partial charge in [0.2, 0.25) is 0 Å². The minimum atomic E-state index is 0.826. The molecule has 0 saturated heterocycles. The Balaban J connectivity index is 1.84. The van der Waals surface area contributed by atoms with Crippen LogP contribution in [0.4, 0.5) is 0 Å². The van der Waals surface area contributed by atoms with Gasteiger partial charge in [0.25, 0.3) is 0 Å². The summed E-state index contributed by atoms with van der Waals surface area (Å²) in [5, 5.41) is 0. The van der Waals surface area contributed by atoms with Gasteiger partial charge in [-0.15, -0.1) is 12.6 Å². The van der Waals surface area contributed by atoms with E-state index in [2.05, 4.69) is 49.0 Å². The maximum Gasteiger partial charge on any atom is 0.135 e. The van der Waals surface area contributed by atoms with E-state index in [1.54, 1.807) is 0 Å². The highest BCUT2D eigenvalue weighted by Gasteiger charge is 2.13. The van der Waals surface area contributed by atoms with Crippen molar-refractivity contribution in [1.82, 2.24) is 0 Å². The van der Waals surface area contributed by atoms with E-state index in [0.29, 0.717) is 0 Å². The molecule has 0 aliphatic rings. The van der Waals surface area contributed by atoms with Gasteiger partial charge in [0.1, 0.15) is 11.5 Å². The van der Waals surface area contributed by atoms with E-state index in [-0.39, 0.29) is 0 Å². The van der Waals surface area contributed by atoms with Crippen LogP contribution in [0.15, 0.2) is 108 Å². The first-order valence-corrected chi connectivity index (χ1v) is 8.97. The number of ether oxygens (including phenoxy) is 1. The highest BCUT2D eigenvalue weighted by molar-refractivity contribution is 7.80. The van der Waals surface area contributed by atoms with E-state index in [4.69, 9.17) is 4.74 Å². The predicted octanol–water partition coefficient (Wildman–Crippen LogP) is 7.10. The summed E-state index contributed by atoms with van der Waals surface area (Å²) in [6, 6.07) is 34.5. The molecule has 0 aliphatic heterocycles. The van der Waals surface area contributed by atoms with Crippen molar-refractivity contribution in [2.24, 2.45) is 0 Å². The van der Waals surface area contributed by atoms with Gasteiger partial charge in [-0.3, -0.25) is 0 Å². The van der Waals surface area contributed by atoms with Gasteiger partial charge in [-0.25, -0.2) is 0 Å². The molecule has 4 rings (SSSR count). The fourth-order valence-electron chi connectivity index (χ4n) is 3.05. The molecule has 126 valence electrons. The van der Waals surface area contributed by atoms with Crippen LogP contribution in [0.2, 0.25) is 0 Å². The van der Waals surface area contributed by atoms with Crippen molar-refractivity contribution in [2.75, 3.05) is 0 Å². The van der Waals surface area contributed by atoms with Crippen LogP contribution in [-0.2, 0) is 0 Å². The van der Waals surface area contributed by atoms with Crippen molar-refractivity contribution in [3.63, 3.8) is 0 Å². The average molecular weight is 354 g/mol. The predicted molar refractivity (Wildman–Crippen MR) is 111 cm³/mol. The standard InChI is InChI=1S/C24H18OS/c26-24-17-9-7-15-22(24)20-13-5-4-12-19(20)21-14-6-8-16-23(21)25-18-10-2-1-3-11-18/h1-17,26H. The molecule has 0 radical (unpaired) electrons. The SMILES string of the molecule is Sc1ccccc1-c1ccccc1-c1ccccc1Oc1ccccc1. The molecule has 0 fully saturated rings. The summed E-state index contributed by atoms with van der Waals surface area (Å²) in [5.74, 6) is 1.66. The maximum atomic E-state index is 6.17. The summed E-state index contributed by atoms with van der Waals surface area (Å²) >= 11 is 4.64. The Kier molecular flexibility index (Phi) is 4.76. The minimum Gasteiger partial charge on any atom is -0.457 e. The van der Waals surface area contributed by atoms with Crippen molar-refractivity contribution < 1.29 is 4.74 Å². The quantitative estimate of drug-likeness (QED) is 0.384. The van der Waals surface area contributed by atoms with E-state index >= 15 is 0 Å². The van der Waals surface area contributed by atoms with Gasteiger partial charge in [-0.05, 0) is 41.0 Å². The smallest absolute Gasteiger partial charge is 0.135 e. The van der Waals surface area contributed by atoms with E-state index in [9.17, 15) is 0 Å². The molecule has 0 bridgehead atoms. The topological polar surface area (TPSA) is 9.23 Å². The van der Waals surface area contributed by atoms with Crippen molar-refractivity contribution >= 4 is 12.6 Å². The summed E-state index contributed by atoms with van der Waals surface area (Å²) in [4.78, 5) is 0.960. The summed E-state index contributed by atoms with van der Waals surface area (Å²) in [6.07, 6.45) is 0. The van der Waals surface area contributed by atoms with Crippen LogP contribution in [-0.4, -0.2) is 0 Å². The molecule has 1 nitrogen and oxygen atoms in total. The summed E-state index contributed by atoms with van der Waals surface area (Å²) < 4.78 is 6.17. The zero-order chi connectivity index (χ0) is 17.8. The molecule has 4 aromatic carbocycles. The third-order valence-corrected chi connectivity index (χ3v) is 4.66. The molecule has 0 unspecified atom stereocenters. The van der Waals surface area contributed by atoms with E-state index in [1.807, 2.05) is 66.7 Å². The number of hydrogen-bond donors (Lipinski definition) is 1. The number of para-hydroxylation sites is 2. The molecule has 0 atom stereocenters. The minimum absolute atomic E-state index is 0.826. The fourth-order valence-corrected chi connectivity index (χ4v) is 3.33. The number of benzene rings is 4. The first-order valence-electron chi connectivity index (χ1n) is 8.52. The molecule has 0 amide bonds. The van der Waals surface area contributed by atoms with Crippen LogP contribution >= 0.6 is 12.6 Å². The summed E-state index contributed by atoms with van der Waals surface area (Å²) in [5.41, 5.74) is 4.44. The third-order valence-electron chi connectivity index (χ3n) is 4.27. The number of rotatable bonds is 4. The van der Waals surface area contributed by atoms with Gasteiger partial charge in [0, 0.05) is 10.5 Å². The van der Waals surface area contributed by atoms with Gasteiger partial charge in [-0.1, -0.05) is 78.9 Å². The van der Waals surface area contributed by atoms with Crippen LogP contribution in [0.25, 0.3) is 22.3 Å². The van der Waals surface area contributed by atoms with Gasteiger partial charge >= 0.3 is 0 Å². The van der Waals surface area contributed by atoms with Crippen LogP contribution in [0.3, 0.4) is 0 Å². The van der Waals surface area contributed by atoms with E-state index in [1.165, 1.54) is 0 Å². The van der Waals surface area contributed by atoms with Crippen molar-refractivity contribution in [2.45, 2.75) is 4.90 Å². The molecule has 0 saturated carbocycles. The lowest BCUT2D eigenvalue weighted by Gasteiger charge is -2.15. The molecule has 4 aromatic rings. The molecule has 0 aromatic heterocycles. The number of hydrogen-bond acceptors (Lipinski definition) is 2. The normalized spacial score (nSPS) is 10.5. The highest BCUT2D eigenvalue weighted by Crippen LogP contribution is 2.40. The lowest BCUT2D eigenvalue weighted by molar-refractivity contribution is 0.484. The zero-order valence-electron chi connectivity index (χ0n) is 14.2. The second kappa shape index (κ2) is 7.51. The molecular weight excluding hydrogens is 336 g/mol. The molecule has 0 aliphatic carbocycles. The Morgan fingerprint density at radius 2 is 0.962 bits per heavy atom. The third kappa shape index (κ3) is 3.37. The Hall–Kier alpha value is -2.97. The van der Waals surface area contributed by atoms with Crippen molar-refractivity contribution in [3.8, 4) is 33.8 Å². The Morgan fingerprint density at radius 1 is 0.462 bits per heavy atom. The van der Waals surface area contributed by atoms with Crippen LogP contribution in [0, 0.1) is 0 Å². The first kappa shape index (κ1) is 16.5. The van der Waals surface area contributed by atoms with Gasteiger partial charge < -0.3 is 4.74 Å². The van der Waals surface area contributed by atoms with Gasteiger partial charge in [-0.2, -0.15) is 0 Å². The van der Waals surface area contributed by atoms with E-state index in [0.717, 1.165) is 38.6 Å². The second-order valence-electron chi connectivity index (χ2n) is 5.97. The lowest BCUT2D eigenvalue weighted by atomic mass is 9.94. The van der Waals surface area contributed by atoms with Crippen molar-refractivity contribution in [1.29, 1.82) is 0 Å². The van der Waals surface area contributed by atoms with Gasteiger partial charge in [0.05, 0.1) is 0 Å². The number of thiol groups is 1. The monoisotopic (exact) mass is 354 g/mol. The molecule has 2 heteroatoms. The average Bonchev–Trinajstić information content (AvgIpc) is 2.70. The Labute approximate surface area is 159 Å². The first-order chi connectivity index (χ1) is 12.8. The van der Waals surface area contributed by atoms with Gasteiger partial charge in [0.15, 0.2) is 0 Å². The van der Waals surface area contributed by atoms with Crippen LogP contribution in [0.1, 0.15) is 0 Å². The molecule has 0 N–H and O–H groups in total. The lowest BCUT2D eigenvalue weighted by Crippen LogP contribution is -1.91. The molecule has 0 spiro atoms. The Bertz CT molecular complexity index is 1020. The highest BCUT2D eigenvalue weighted by atomic mass is 32.1. The van der Waals surface area contributed by atoms with E-state index < -0.39 is 0 Å². The Morgan fingerprint density at radius 3 is 1.65 bits per heavy atom. The summed E-state index contributed by atoms with van der Waals surface area (Å²) in [7, 11) is 0. The van der Waals surface area contributed by atoms with Crippen LogP contribution in [0.5, 0.6) is 11.5 Å².